The number of benzene rings is 4. The number of hydrogen-bond acceptors (Lipinski definition) is 3. The van der Waals surface area contributed by atoms with Crippen molar-refractivity contribution in [1.29, 1.82) is 0 Å². The number of hydrogen-bond donors (Lipinski definition) is 0. The number of ketones is 2. The van der Waals surface area contributed by atoms with Gasteiger partial charge in [-0.05, 0) is 18.2 Å². The molecule has 0 heterocycles. The summed E-state index contributed by atoms with van der Waals surface area (Å²) >= 11 is 0. The van der Waals surface area contributed by atoms with Crippen LogP contribution in [0.1, 0.15) is 31.8 Å². The Balaban J connectivity index is 2.04. The Hall–Kier alpha value is -4.68. The summed E-state index contributed by atoms with van der Waals surface area (Å²) in [7, 11) is 0. The van der Waals surface area contributed by atoms with Crippen LogP contribution >= 0.6 is 0 Å². The smallest absolute Gasteiger partial charge is 0.203 e. The molecule has 0 spiro atoms. The van der Waals surface area contributed by atoms with Crippen LogP contribution in [0.15, 0.2) is 48.5 Å². The van der Waals surface area contributed by atoms with Crippen molar-refractivity contribution in [2.24, 2.45) is 0 Å². The molecule has 0 amide bonds. The van der Waals surface area contributed by atoms with Crippen LogP contribution in [0, 0.1) is 58.2 Å². The summed E-state index contributed by atoms with van der Waals surface area (Å²) in [5, 5.41) is 0. The van der Waals surface area contributed by atoms with Gasteiger partial charge in [-0.15, -0.1) is 0 Å². The first-order valence-electron chi connectivity index (χ1n) is 10.4. The lowest BCUT2D eigenvalue weighted by Gasteiger charge is -2.16. The molecule has 0 radical (unpaired) electrons. The van der Waals surface area contributed by atoms with E-state index in [0.717, 1.165) is 12.1 Å². The Bertz CT molecular complexity index is 1610. The van der Waals surface area contributed by atoms with Crippen molar-refractivity contribution in [3.63, 3.8) is 0 Å². The third-order valence-corrected chi connectivity index (χ3v) is 5.34. The molecule has 0 aliphatic heterocycles. The van der Waals surface area contributed by atoms with Gasteiger partial charge in [0.15, 0.2) is 52.3 Å². The summed E-state index contributed by atoms with van der Waals surface area (Å²) in [6.07, 6.45) is 0. The number of carbonyl (C=O) groups is 2. The second kappa shape index (κ2) is 10.2. The van der Waals surface area contributed by atoms with E-state index in [0.29, 0.717) is 6.07 Å². The van der Waals surface area contributed by atoms with Crippen LogP contribution in [0.5, 0.6) is 11.5 Å². The maximum Gasteiger partial charge on any atom is 0.203 e. The summed E-state index contributed by atoms with van der Waals surface area (Å²) in [5.74, 6) is -30.9. The van der Waals surface area contributed by atoms with Gasteiger partial charge in [0.2, 0.25) is 17.4 Å². The van der Waals surface area contributed by atoms with E-state index in [9.17, 15) is 53.5 Å². The molecule has 0 aromatic heterocycles. The molecule has 39 heavy (non-hydrogen) atoms. The Morgan fingerprint density at radius 1 is 0.436 bits per heavy atom. The molecule has 0 N–H and O–H groups in total. The highest BCUT2D eigenvalue weighted by Gasteiger charge is 2.36. The maximum absolute atomic E-state index is 14.5. The zero-order valence-corrected chi connectivity index (χ0v) is 18.6. The van der Waals surface area contributed by atoms with Crippen LogP contribution < -0.4 is 4.74 Å². The monoisotopic (exact) mass is 558 g/mol. The molecule has 0 bridgehead atoms. The largest absolute Gasteiger partial charge is 0.457 e. The topological polar surface area (TPSA) is 43.4 Å². The van der Waals surface area contributed by atoms with Gasteiger partial charge < -0.3 is 4.74 Å². The zero-order valence-electron chi connectivity index (χ0n) is 18.6. The third-order valence-electron chi connectivity index (χ3n) is 5.34. The normalized spacial score (nSPS) is 11.0. The van der Waals surface area contributed by atoms with E-state index >= 15 is 0 Å². The number of rotatable bonds is 6. The van der Waals surface area contributed by atoms with Crippen molar-refractivity contribution in [1.82, 2.24) is 0 Å². The van der Waals surface area contributed by atoms with Crippen LogP contribution in [0.25, 0.3) is 0 Å². The molecule has 0 aliphatic carbocycles. The summed E-state index contributed by atoms with van der Waals surface area (Å²) < 4.78 is 146. The SMILES string of the molecule is O=C(c1cccc(Oc2ccccc2)c1C(=O)c1c(F)c(F)c(F)c(F)c1F)c1c(F)c(F)c(F)c(F)c1F. The van der Waals surface area contributed by atoms with E-state index in [4.69, 9.17) is 4.74 Å². The molecule has 4 aromatic carbocycles. The highest BCUT2D eigenvalue weighted by atomic mass is 19.2. The van der Waals surface area contributed by atoms with Gasteiger partial charge in [0.25, 0.3) is 0 Å². The van der Waals surface area contributed by atoms with Crippen LogP contribution in [0.2, 0.25) is 0 Å². The van der Waals surface area contributed by atoms with Gasteiger partial charge in [-0.1, -0.05) is 30.3 Å². The molecule has 0 unspecified atom stereocenters. The first-order chi connectivity index (χ1) is 18.4. The van der Waals surface area contributed by atoms with E-state index in [-0.39, 0.29) is 5.75 Å². The van der Waals surface area contributed by atoms with E-state index < -0.39 is 97.7 Å². The minimum atomic E-state index is -2.62. The van der Waals surface area contributed by atoms with Crippen molar-refractivity contribution in [2.45, 2.75) is 0 Å². The van der Waals surface area contributed by atoms with Gasteiger partial charge in [0.05, 0.1) is 5.56 Å². The molecule has 0 saturated carbocycles. The molecule has 3 nitrogen and oxygen atoms in total. The van der Waals surface area contributed by atoms with Crippen LogP contribution in [-0.4, -0.2) is 11.6 Å². The van der Waals surface area contributed by atoms with Crippen molar-refractivity contribution in [2.75, 3.05) is 0 Å². The predicted octanol–water partition coefficient (Wildman–Crippen LogP) is 7.33. The first kappa shape index (κ1) is 27.4. The standard InChI is InChI=1S/C26H8F10O3/c27-15-13(16(28)20(32)23(35)19(15)31)25(37)10-7-4-8-11(39-9-5-2-1-3-6-9)12(10)26(38)14-17(29)21(33)24(36)22(34)18(14)30/h1-8H. The van der Waals surface area contributed by atoms with Crippen LogP contribution in [-0.2, 0) is 0 Å². The summed E-state index contributed by atoms with van der Waals surface area (Å²) in [5.41, 5.74) is -6.70. The Morgan fingerprint density at radius 3 is 1.31 bits per heavy atom. The highest BCUT2D eigenvalue weighted by molar-refractivity contribution is 6.21. The molecule has 0 aliphatic rings. The fourth-order valence-electron chi connectivity index (χ4n) is 3.52. The molecular weight excluding hydrogens is 550 g/mol. The van der Waals surface area contributed by atoms with Gasteiger partial charge >= 0.3 is 0 Å². The first-order valence-corrected chi connectivity index (χ1v) is 10.4. The second-order valence-corrected chi connectivity index (χ2v) is 7.64. The highest BCUT2D eigenvalue weighted by Crippen LogP contribution is 2.35. The molecule has 13 heteroatoms. The lowest BCUT2D eigenvalue weighted by Crippen LogP contribution is -2.20. The van der Waals surface area contributed by atoms with E-state index in [2.05, 4.69) is 0 Å². The van der Waals surface area contributed by atoms with Crippen molar-refractivity contribution in [3.8, 4) is 11.5 Å². The Labute approximate surface area is 210 Å². The number of para-hydroxylation sites is 1. The quantitative estimate of drug-likeness (QED) is 0.108. The maximum atomic E-state index is 14.5. The van der Waals surface area contributed by atoms with Crippen LogP contribution in [0.3, 0.4) is 0 Å². The zero-order chi connectivity index (χ0) is 28.8. The molecule has 0 atom stereocenters. The third kappa shape index (κ3) is 4.49. The van der Waals surface area contributed by atoms with E-state index in [1.807, 2.05) is 0 Å². The van der Waals surface area contributed by atoms with Crippen molar-refractivity contribution < 1.29 is 58.2 Å². The second-order valence-electron chi connectivity index (χ2n) is 7.64. The van der Waals surface area contributed by atoms with Crippen LogP contribution in [0.4, 0.5) is 43.9 Å². The molecule has 4 rings (SSSR count). The van der Waals surface area contributed by atoms with Crippen molar-refractivity contribution in [3.05, 3.63) is 129 Å². The Kier molecular flexibility index (Phi) is 7.18. The van der Waals surface area contributed by atoms with Gasteiger partial charge in [0, 0.05) is 5.56 Å². The van der Waals surface area contributed by atoms with E-state index in [1.54, 1.807) is 0 Å². The Morgan fingerprint density at radius 2 is 0.846 bits per heavy atom. The average Bonchev–Trinajstić information content (AvgIpc) is 2.93. The molecule has 4 aromatic rings. The molecule has 0 saturated heterocycles. The molecule has 0 fully saturated rings. The fourth-order valence-corrected chi connectivity index (χ4v) is 3.52. The number of halogens is 10. The summed E-state index contributed by atoms with van der Waals surface area (Å²) in [6, 6.07) is 9.22. The minimum absolute atomic E-state index is 0.107. The molecular formula is C26H8F10O3. The summed E-state index contributed by atoms with van der Waals surface area (Å²) in [6.45, 7) is 0. The predicted molar refractivity (Wildman–Crippen MR) is 112 cm³/mol. The van der Waals surface area contributed by atoms with Gasteiger partial charge in [0.1, 0.15) is 22.6 Å². The minimum Gasteiger partial charge on any atom is -0.457 e. The lowest BCUT2D eigenvalue weighted by molar-refractivity contribution is 0.0989. The van der Waals surface area contributed by atoms with Gasteiger partial charge in [-0.25, -0.2) is 43.9 Å². The fraction of sp³-hybridized carbons (Fsp3) is 0. The molecule has 200 valence electrons. The van der Waals surface area contributed by atoms with E-state index in [1.165, 1.54) is 30.3 Å². The summed E-state index contributed by atoms with van der Waals surface area (Å²) in [4.78, 5) is 26.3. The lowest BCUT2D eigenvalue weighted by atomic mass is 9.91. The number of carbonyl (C=O) groups excluding carboxylic acids is 2. The van der Waals surface area contributed by atoms with Gasteiger partial charge in [-0.2, -0.15) is 0 Å². The van der Waals surface area contributed by atoms with Crippen molar-refractivity contribution >= 4 is 11.6 Å². The van der Waals surface area contributed by atoms with Gasteiger partial charge in [-0.3, -0.25) is 9.59 Å². The average molecular weight is 558 g/mol. The number of ether oxygens (including phenoxy) is 1.